The van der Waals surface area contributed by atoms with Crippen LogP contribution in [0.3, 0.4) is 0 Å². The number of aliphatic hydroxyl groups is 9. The van der Waals surface area contributed by atoms with Gasteiger partial charge in [0.25, 0.3) is 0 Å². The van der Waals surface area contributed by atoms with E-state index >= 15 is 0 Å². The molecule has 1 aliphatic heterocycles. The predicted molar refractivity (Wildman–Crippen MR) is 212 cm³/mol. The molecule has 15 heteroatoms. The molecule has 1 saturated heterocycles. The quantitative estimate of drug-likeness (QED) is 0.0383. The zero-order valence-electron chi connectivity index (χ0n) is 35.8. The topological polar surface area (TPSA) is 253 Å². The van der Waals surface area contributed by atoms with Crippen LogP contribution < -0.4 is 0 Å². The van der Waals surface area contributed by atoms with Crippen molar-refractivity contribution >= 4 is 11.9 Å². The first-order valence-electron chi connectivity index (χ1n) is 20.2. The Hall–Kier alpha value is -2.28. The number of aliphatic hydroxyl groups excluding tert-OH is 9. The predicted octanol–water partition coefficient (Wildman–Crippen LogP) is 1.93. The lowest BCUT2D eigenvalue weighted by molar-refractivity contribution is -0.317. The molecule has 0 aliphatic carbocycles. The third-order valence-electron chi connectivity index (χ3n) is 10.9. The summed E-state index contributed by atoms with van der Waals surface area (Å²) in [5.74, 6) is -1.96. The summed E-state index contributed by atoms with van der Waals surface area (Å²) in [5, 5.41) is 92.7. The first-order chi connectivity index (χ1) is 26.5. The lowest BCUT2D eigenvalue weighted by Gasteiger charge is -2.43. The smallest absolute Gasteiger partial charge is 0.333 e. The Labute approximate surface area is 339 Å². The zero-order chi connectivity index (χ0) is 43.9. The Bertz CT molecular complexity index is 1300. The normalized spacial score (nSPS) is 27.5. The van der Waals surface area contributed by atoms with Crippen LogP contribution >= 0.6 is 0 Å². The Morgan fingerprint density at radius 1 is 0.702 bits per heavy atom. The molecule has 1 rings (SSSR count). The van der Waals surface area contributed by atoms with E-state index in [0.29, 0.717) is 23.0 Å². The molecule has 15 nitrogen and oxygen atoms in total. The van der Waals surface area contributed by atoms with Crippen LogP contribution in [0.2, 0.25) is 0 Å². The van der Waals surface area contributed by atoms with Crippen LogP contribution in [0.15, 0.2) is 34.9 Å². The van der Waals surface area contributed by atoms with Gasteiger partial charge in [0.2, 0.25) is 0 Å². The summed E-state index contributed by atoms with van der Waals surface area (Å²) < 4.78 is 22.4. The first kappa shape index (κ1) is 52.7. The summed E-state index contributed by atoms with van der Waals surface area (Å²) in [6.07, 6.45) is -6.74. The highest BCUT2D eigenvalue weighted by Gasteiger charge is 2.46. The Morgan fingerprint density at radius 2 is 1.25 bits per heavy atom. The summed E-state index contributed by atoms with van der Waals surface area (Å²) in [6, 6.07) is 0. The molecule has 0 unspecified atom stereocenters. The minimum atomic E-state index is -1.71. The van der Waals surface area contributed by atoms with Gasteiger partial charge in [0.1, 0.15) is 55.9 Å². The number of carbonyl (C=O) groups is 2. The first-order valence-corrected chi connectivity index (χ1v) is 20.2. The highest BCUT2D eigenvalue weighted by Crippen LogP contribution is 2.33. The van der Waals surface area contributed by atoms with Crippen molar-refractivity contribution in [2.24, 2.45) is 35.5 Å². The fourth-order valence-corrected chi connectivity index (χ4v) is 7.35. The van der Waals surface area contributed by atoms with E-state index in [-0.39, 0.29) is 24.0 Å². The Morgan fingerprint density at radius 3 is 1.77 bits per heavy atom. The fraction of sp³-hybridized carbons (Fsp3) is 0.810. The summed E-state index contributed by atoms with van der Waals surface area (Å²) in [5.41, 5.74) is 1.30. The van der Waals surface area contributed by atoms with Crippen molar-refractivity contribution in [3.8, 4) is 0 Å². The number of esters is 2. The highest BCUT2D eigenvalue weighted by molar-refractivity contribution is 5.87. The van der Waals surface area contributed by atoms with Gasteiger partial charge in [0, 0.05) is 30.3 Å². The van der Waals surface area contributed by atoms with Gasteiger partial charge in [-0.25, -0.2) is 4.79 Å². The molecule has 17 atom stereocenters. The molecule has 0 spiro atoms. The van der Waals surface area contributed by atoms with Gasteiger partial charge in [-0.05, 0) is 62.5 Å². The molecule has 1 fully saturated rings. The average molecular weight is 819 g/mol. The molecular weight excluding hydrogens is 744 g/mol. The highest BCUT2D eigenvalue weighted by atomic mass is 16.7. The summed E-state index contributed by atoms with van der Waals surface area (Å²) >= 11 is 0. The van der Waals surface area contributed by atoms with Gasteiger partial charge in [-0.3, -0.25) is 4.79 Å². The van der Waals surface area contributed by atoms with E-state index in [0.717, 1.165) is 19.3 Å². The molecule has 332 valence electrons. The summed E-state index contributed by atoms with van der Waals surface area (Å²) in [4.78, 5) is 23.9. The molecule has 0 aromatic carbocycles. The molecule has 0 radical (unpaired) electrons. The molecule has 9 N–H and O–H groups in total. The number of ether oxygens (including phenoxy) is 4. The molecule has 0 aromatic heterocycles. The standard InChI is InChI=1S/C42H74O15/c1-12-21(2)13-22(3)14-27(8)40(57-42-39(52)38(51)37(50)33(56-42)20-54-30(11)44)28(9)16-25(6)34(47)23(4)15-24(5)35(48)26(7)17-29(10)41(53)55-19-32(46)36(49)31(45)18-43/h15-17,21-23,26-28,31-40,42-43,45-52H,12-14,18-20H2,1-11H3/b24-15+,25-16+,29-17+/t21-,22-,23-,26-,27-,28-,31+,32-,33+,34+,35-,36+,37+,38-,39-,40-,42-/m0/s1. The van der Waals surface area contributed by atoms with Crippen LogP contribution in [0.1, 0.15) is 95.4 Å². The number of carbonyl (C=O) groups excluding carboxylic acids is 2. The van der Waals surface area contributed by atoms with Crippen molar-refractivity contribution in [3.63, 3.8) is 0 Å². The van der Waals surface area contributed by atoms with E-state index in [4.69, 9.17) is 24.1 Å². The largest absolute Gasteiger partial charge is 0.463 e. The van der Waals surface area contributed by atoms with Crippen molar-refractivity contribution in [3.05, 3.63) is 34.9 Å². The van der Waals surface area contributed by atoms with E-state index in [9.17, 15) is 50.4 Å². The second-order valence-electron chi connectivity index (χ2n) is 16.5. The molecule has 1 aliphatic rings. The van der Waals surface area contributed by atoms with Crippen LogP contribution in [0, 0.1) is 35.5 Å². The van der Waals surface area contributed by atoms with Crippen molar-refractivity contribution < 1.29 is 74.5 Å². The monoisotopic (exact) mass is 819 g/mol. The SMILES string of the molecule is CC[C@H](C)C[C@H](C)C[C@H](C)[C@H](O[C@@H]1O[C@H](COC(C)=O)[C@@H](O)[C@H](O)[C@@H]1O)[C@@H](C)/C=C(\C)[C@H](O)[C@@H](C)/C=C(\C)[C@H](O)[C@@H](C)/C=C(\C)C(=O)OC[C@H](O)[C@H](O)[C@H](O)CO. The summed E-state index contributed by atoms with van der Waals surface area (Å²) in [6.45, 7) is 18.4. The second kappa shape index (κ2) is 25.4. The second-order valence-corrected chi connectivity index (χ2v) is 16.5. The van der Waals surface area contributed by atoms with Crippen molar-refractivity contribution in [1.29, 1.82) is 0 Å². The van der Waals surface area contributed by atoms with Crippen molar-refractivity contribution in [1.82, 2.24) is 0 Å². The zero-order valence-corrected chi connectivity index (χ0v) is 35.8. The molecular formula is C42H74O15. The van der Waals surface area contributed by atoms with E-state index in [1.807, 2.05) is 19.9 Å². The minimum absolute atomic E-state index is 0.0761. The summed E-state index contributed by atoms with van der Waals surface area (Å²) in [7, 11) is 0. The number of hydrogen-bond acceptors (Lipinski definition) is 15. The van der Waals surface area contributed by atoms with Gasteiger partial charge in [0.05, 0.1) is 24.9 Å². The van der Waals surface area contributed by atoms with Gasteiger partial charge >= 0.3 is 11.9 Å². The molecule has 0 bridgehead atoms. The van der Waals surface area contributed by atoms with Crippen LogP contribution in [-0.4, -0.2) is 145 Å². The third kappa shape index (κ3) is 17.1. The van der Waals surface area contributed by atoms with E-state index < -0.39 is 104 Å². The number of hydrogen-bond donors (Lipinski definition) is 9. The number of rotatable bonds is 24. The van der Waals surface area contributed by atoms with Crippen molar-refractivity contribution in [2.45, 2.75) is 163 Å². The van der Waals surface area contributed by atoms with Gasteiger partial charge in [-0.2, -0.15) is 0 Å². The molecule has 0 saturated carbocycles. The third-order valence-corrected chi connectivity index (χ3v) is 10.9. The van der Waals surface area contributed by atoms with Crippen molar-refractivity contribution in [2.75, 3.05) is 19.8 Å². The Kier molecular flexibility index (Phi) is 23.5. The van der Waals surface area contributed by atoms with Crippen LogP contribution in [0.25, 0.3) is 0 Å². The van der Waals surface area contributed by atoms with Gasteiger partial charge in [0.15, 0.2) is 6.29 Å². The molecule has 0 amide bonds. The maximum absolute atomic E-state index is 12.5. The van der Waals surface area contributed by atoms with Gasteiger partial charge in [-0.15, -0.1) is 0 Å². The minimum Gasteiger partial charge on any atom is -0.463 e. The molecule has 1 heterocycles. The van der Waals surface area contributed by atoms with Crippen LogP contribution in [-0.2, 0) is 28.5 Å². The Balaban J connectivity index is 3.20. The lowest BCUT2D eigenvalue weighted by Crippen LogP contribution is -2.60. The molecule has 0 aromatic rings. The maximum atomic E-state index is 12.5. The van der Waals surface area contributed by atoms with Crippen LogP contribution in [0.5, 0.6) is 0 Å². The average Bonchev–Trinajstić information content (AvgIpc) is 3.15. The van der Waals surface area contributed by atoms with E-state index in [1.54, 1.807) is 33.8 Å². The lowest BCUT2D eigenvalue weighted by atomic mass is 9.82. The van der Waals surface area contributed by atoms with Gasteiger partial charge < -0.3 is 64.9 Å². The fourth-order valence-electron chi connectivity index (χ4n) is 7.35. The molecule has 57 heavy (non-hydrogen) atoms. The van der Waals surface area contributed by atoms with Gasteiger partial charge in [-0.1, -0.05) is 73.1 Å². The van der Waals surface area contributed by atoms with E-state index in [1.165, 1.54) is 19.9 Å². The van der Waals surface area contributed by atoms with E-state index in [2.05, 4.69) is 20.8 Å². The maximum Gasteiger partial charge on any atom is 0.333 e. The van der Waals surface area contributed by atoms with Crippen LogP contribution in [0.4, 0.5) is 0 Å².